The molecule has 1 aromatic heterocycles. The molecule has 1 nitrogen and oxygen atoms in total. The molecule has 122 valence electrons. The molecule has 0 spiro atoms. The minimum atomic E-state index is 1.10. The van der Waals surface area contributed by atoms with E-state index in [0.717, 1.165) is 11.4 Å². The number of nitrogens with one attached hydrogen (secondary N) is 1. The maximum absolute atomic E-state index is 3.60. The second-order valence-corrected chi connectivity index (χ2v) is 6.97. The van der Waals surface area contributed by atoms with E-state index in [1.807, 2.05) is 30.4 Å². The van der Waals surface area contributed by atoms with E-state index in [4.69, 9.17) is 0 Å². The Balaban J connectivity index is 1.72. The quantitative estimate of drug-likeness (QED) is 0.382. The third-order valence-corrected chi connectivity index (χ3v) is 5.38. The fraction of sp³-hybridized carbons (Fsp3) is 0.0435. The maximum Gasteiger partial charge on any atom is 0.0590 e. The third-order valence-electron chi connectivity index (χ3n) is 4.16. The van der Waals surface area contributed by atoms with Crippen LogP contribution in [-0.4, -0.2) is 0 Å². The van der Waals surface area contributed by atoms with E-state index in [2.05, 4.69) is 84.2 Å². The van der Waals surface area contributed by atoms with E-state index in [0.29, 0.717) is 0 Å². The molecular formula is C23H19NS. The average molecular weight is 341 g/mol. The monoisotopic (exact) mass is 341 g/mol. The van der Waals surface area contributed by atoms with Gasteiger partial charge in [-0.2, -0.15) is 0 Å². The SMILES string of the molecule is C/C=C\C=C/c1cccc(Nc2cccc3c2sc2ccccc23)c1. The number of allylic oxidation sites excluding steroid dienone is 3. The van der Waals surface area contributed by atoms with Crippen molar-refractivity contribution >= 4 is 49.0 Å². The molecule has 0 radical (unpaired) electrons. The predicted octanol–water partition coefficient (Wildman–Crippen LogP) is 7.39. The lowest BCUT2D eigenvalue weighted by molar-refractivity contribution is 1.57. The number of fused-ring (bicyclic) bond motifs is 3. The highest BCUT2D eigenvalue weighted by Crippen LogP contribution is 2.38. The Morgan fingerprint density at radius 1 is 0.840 bits per heavy atom. The fourth-order valence-electron chi connectivity index (χ4n) is 3.00. The van der Waals surface area contributed by atoms with Crippen molar-refractivity contribution in [3.63, 3.8) is 0 Å². The number of hydrogen-bond donors (Lipinski definition) is 1. The highest BCUT2D eigenvalue weighted by Gasteiger charge is 2.08. The first kappa shape index (κ1) is 15.7. The van der Waals surface area contributed by atoms with E-state index >= 15 is 0 Å². The van der Waals surface area contributed by atoms with Crippen LogP contribution in [-0.2, 0) is 0 Å². The van der Waals surface area contributed by atoms with Crippen molar-refractivity contribution in [2.45, 2.75) is 6.92 Å². The largest absolute Gasteiger partial charge is 0.354 e. The summed E-state index contributed by atoms with van der Waals surface area (Å²) in [6.07, 6.45) is 8.25. The molecule has 3 aromatic carbocycles. The van der Waals surface area contributed by atoms with Crippen LogP contribution < -0.4 is 5.32 Å². The Morgan fingerprint density at radius 3 is 2.60 bits per heavy atom. The van der Waals surface area contributed by atoms with Gasteiger partial charge in [-0.3, -0.25) is 0 Å². The zero-order valence-electron chi connectivity index (χ0n) is 14.1. The van der Waals surface area contributed by atoms with Crippen LogP contribution >= 0.6 is 11.3 Å². The van der Waals surface area contributed by atoms with Gasteiger partial charge < -0.3 is 5.32 Å². The molecule has 0 atom stereocenters. The molecule has 0 bridgehead atoms. The molecule has 0 saturated heterocycles. The van der Waals surface area contributed by atoms with E-state index in [9.17, 15) is 0 Å². The number of anilines is 2. The summed E-state index contributed by atoms with van der Waals surface area (Å²) in [5.41, 5.74) is 3.45. The van der Waals surface area contributed by atoms with Gasteiger partial charge in [0.25, 0.3) is 0 Å². The van der Waals surface area contributed by atoms with Crippen LogP contribution in [0.25, 0.3) is 26.2 Å². The summed E-state index contributed by atoms with van der Waals surface area (Å²) in [5, 5.41) is 6.24. The zero-order chi connectivity index (χ0) is 17.1. The smallest absolute Gasteiger partial charge is 0.0590 e. The second kappa shape index (κ2) is 6.96. The second-order valence-electron chi connectivity index (χ2n) is 5.92. The fourth-order valence-corrected chi connectivity index (χ4v) is 4.17. The van der Waals surface area contributed by atoms with Crippen molar-refractivity contribution in [2.24, 2.45) is 0 Å². The van der Waals surface area contributed by atoms with Crippen molar-refractivity contribution in [1.82, 2.24) is 0 Å². The minimum absolute atomic E-state index is 1.10. The number of hydrogen-bond acceptors (Lipinski definition) is 2. The number of rotatable bonds is 4. The van der Waals surface area contributed by atoms with E-state index in [-0.39, 0.29) is 0 Å². The Labute approximate surface area is 151 Å². The van der Waals surface area contributed by atoms with Crippen molar-refractivity contribution in [2.75, 3.05) is 5.32 Å². The van der Waals surface area contributed by atoms with Crippen molar-refractivity contribution < 1.29 is 0 Å². The Morgan fingerprint density at radius 2 is 1.68 bits per heavy atom. The van der Waals surface area contributed by atoms with Crippen LogP contribution in [0.1, 0.15) is 12.5 Å². The Kier molecular flexibility index (Phi) is 4.36. The van der Waals surface area contributed by atoms with Gasteiger partial charge in [-0.05, 0) is 36.8 Å². The van der Waals surface area contributed by atoms with Crippen LogP contribution in [0.5, 0.6) is 0 Å². The van der Waals surface area contributed by atoms with Gasteiger partial charge in [-0.15, -0.1) is 11.3 Å². The number of thiophene rings is 1. The van der Waals surface area contributed by atoms with Crippen LogP contribution in [0.15, 0.2) is 85.0 Å². The lowest BCUT2D eigenvalue weighted by Gasteiger charge is -2.08. The molecule has 0 aliphatic heterocycles. The summed E-state index contributed by atoms with van der Waals surface area (Å²) in [7, 11) is 0. The highest BCUT2D eigenvalue weighted by atomic mass is 32.1. The summed E-state index contributed by atoms with van der Waals surface area (Å²) < 4.78 is 2.63. The Bertz CT molecular complexity index is 1090. The van der Waals surface area contributed by atoms with Gasteiger partial charge in [-0.1, -0.05) is 66.8 Å². The summed E-state index contributed by atoms with van der Waals surface area (Å²) in [6.45, 7) is 2.02. The molecule has 0 saturated carbocycles. The minimum Gasteiger partial charge on any atom is -0.354 e. The summed E-state index contributed by atoms with van der Waals surface area (Å²) in [6, 6.07) is 23.6. The summed E-state index contributed by atoms with van der Waals surface area (Å²) in [4.78, 5) is 0. The maximum atomic E-state index is 3.60. The molecule has 25 heavy (non-hydrogen) atoms. The lowest BCUT2D eigenvalue weighted by Crippen LogP contribution is -1.90. The number of benzene rings is 3. The predicted molar refractivity (Wildman–Crippen MR) is 113 cm³/mol. The van der Waals surface area contributed by atoms with Crippen molar-refractivity contribution in [3.05, 3.63) is 90.5 Å². The van der Waals surface area contributed by atoms with Gasteiger partial charge >= 0.3 is 0 Å². The van der Waals surface area contributed by atoms with Gasteiger partial charge in [0, 0.05) is 21.2 Å². The lowest BCUT2D eigenvalue weighted by atomic mass is 10.1. The van der Waals surface area contributed by atoms with Crippen LogP contribution in [0.3, 0.4) is 0 Å². The first-order chi connectivity index (χ1) is 12.3. The van der Waals surface area contributed by atoms with Crippen LogP contribution in [0, 0.1) is 0 Å². The van der Waals surface area contributed by atoms with E-state index in [1.54, 1.807) is 0 Å². The van der Waals surface area contributed by atoms with E-state index in [1.165, 1.54) is 25.7 Å². The third kappa shape index (κ3) is 3.21. The van der Waals surface area contributed by atoms with Gasteiger partial charge in [0.1, 0.15) is 0 Å². The first-order valence-corrected chi connectivity index (χ1v) is 9.23. The molecule has 4 rings (SSSR count). The van der Waals surface area contributed by atoms with Crippen LogP contribution in [0.2, 0.25) is 0 Å². The highest BCUT2D eigenvalue weighted by molar-refractivity contribution is 7.26. The topological polar surface area (TPSA) is 12.0 Å². The molecule has 0 fully saturated rings. The van der Waals surface area contributed by atoms with Crippen molar-refractivity contribution in [3.8, 4) is 0 Å². The molecule has 2 heteroatoms. The molecule has 0 unspecified atom stereocenters. The van der Waals surface area contributed by atoms with Gasteiger partial charge in [0.05, 0.1) is 10.4 Å². The molecule has 0 aliphatic carbocycles. The summed E-state index contributed by atoms with van der Waals surface area (Å²) in [5.74, 6) is 0. The normalized spacial score (nSPS) is 11.9. The molecule has 4 aromatic rings. The van der Waals surface area contributed by atoms with Gasteiger partial charge in [-0.25, -0.2) is 0 Å². The molecule has 1 N–H and O–H groups in total. The Hall–Kier alpha value is -2.84. The first-order valence-electron chi connectivity index (χ1n) is 8.42. The molecular weight excluding hydrogens is 322 g/mol. The van der Waals surface area contributed by atoms with Crippen LogP contribution in [0.4, 0.5) is 11.4 Å². The average Bonchev–Trinajstić information content (AvgIpc) is 3.02. The van der Waals surface area contributed by atoms with Gasteiger partial charge in [0.15, 0.2) is 0 Å². The van der Waals surface area contributed by atoms with Crippen molar-refractivity contribution in [1.29, 1.82) is 0 Å². The standard InChI is InChI=1S/C23H19NS/c1-2-3-4-9-17-10-7-11-18(16-17)24-21-14-8-13-20-19-12-5-6-15-22(19)25-23(20)21/h2-16,24H,1H3/b3-2-,9-4-. The van der Waals surface area contributed by atoms with Gasteiger partial charge in [0.2, 0.25) is 0 Å². The molecule has 0 aliphatic rings. The zero-order valence-corrected chi connectivity index (χ0v) is 14.9. The molecule has 0 amide bonds. The van der Waals surface area contributed by atoms with E-state index < -0.39 is 0 Å². The molecule has 1 heterocycles. The summed E-state index contributed by atoms with van der Waals surface area (Å²) >= 11 is 1.84.